The first-order chi connectivity index (χ1) is 6.69. The second kappa shape index (κ2) is 5.50. The number of aryl methyl sites for hydroxylation is 1. The molecule has 0 bridgehead atoms. The molecule has 0 atom stereocenters. The summed E-state index contributed by atoms with van der Waals surface area (Å²) in [4.78, 5) is 0. The molecule has 2 heteroatoms. The number of rotatable bonds is 4. The summed E-state index contributed by atoms with van der Waals surface area (Å²) in [5, 5.41) is 0. The van der Waals surface area contributed by atoms with Crippen molar-refractivity contribution < 1.29 is 4.39 Å². The van der Waals surface area contributed by atoms with Gasteiger partial charge < -0.3 is 0 Å². The van der Waals surface area contributed by atoms with Gasteiger partial charge in [0.25, 0.3) is 0 Å². The molecule has 0 aliphatic rings. The summed E-state index contributed by atoms with van der Waals surface area (Å²) in [5.74, 6) is 0.786. The predicted molar refractivity (Wildman–Crippen MR) is 62.1 cm³/mol. The first kappa shape index (κ1) is 11.7. The average Bonchev–Trinajstić information content (AvgIpc) is 2.20. The second-order valence-corrected chi connectivity index (χ2v) is 4.32. The number of hydrogen-bond donors (Lipinski definition) is 0. The Balaban J connectivity index is 2.88. The van der Waals surface area contributed by atoms with Crippen LogP contribution in [0.15, 0.2) is 22.7 Å². The van der Waals surface area contributed by atoms with E-state index in [-0.39, 0.29) is 6.67 Å². The van der Waals surface area contributed by atoms with Crippen molar-refractivity contribution in [2.24, 2.45) is 0 Å². The van der Waals surface area contributed by atoms with E-state index in [1.165, 1.54) is 5.56 Å². The zero-order chi connectivity index (χ0) is 10.6. The standard InChI is InChI=1S/C12H15BrF/c1-3-4-10-5-6-11(7-12(10)13)9(2)8-14/h5-7H,3-4,8H2,1-2H3. The molecule has 0 unspecified atom stereocenters. The molecule has 1 radical (unpaired) electrons. The van der Waals surface area contributed by atoms with Crippen molar-refractivity contribution in [2.75, 3.05) is 6.67 Å². The second-order valence-electron chi connectivity index (χ2n) is 3.47. The topological polar surface area (TPSA) is 0 Å². The van der Waals surface area contributed by atoms with Gasteiger partial charge in [-0.2, -0.15) is 0 Å². The Hall–Kier alpha value is -0.370. The Kier molecular flexibility index (Phi) is 4.59. The van der Waals surface area contributed by atoms with Crippen molar-refractivity contribution in [1.82, 2.24) is 0 Å². The molecule has 0 fully saturated rings. The van der Waals surface area contributed by atoms with Crippen LogP contribution in [0.1, 0.15) is 31.4 Å². The summed E-state index contributed by atoms with van der Waals surface area (Å²) in [6.45, 7) is 3.60. The van der Waals surface area contributed by atoms with E-state index in [0.717, 1.165) is 28.8 Å². The minimum atomic E-state index is -0.375. The molecule has 0 saturated carbocycles. The van der Waals surface area contributed by atoms with Crippen LogP contribution in [-0.4, -0.2) is 6.67 Å². The van der Waals surface area contributed by atoms with E-state index in [0.29, 0.717) is 0 Å². The van der Waals surface area contributed by atoms with Crippen molar-refractivity contribution in [1.29, 1.82) is 0 Å². The third-order valence-corrected chi connectivity index (χ3v) is 3.00. The maximum atomic E-state index is 12.4. The van der Waals surface area contributed by atoms with Gasteiger partial charge in [-0.05, 0) is 23.6 Å². The molecule has 0 saturated heterocycles. The smallest absolute Gasteiger partial charge is 0.0997 e. The summed E-state index contributed by atoms with van der Waals surface area (Å²) in [7, 11) is 0. The van der Waals surface area contributed by atoms with Gasteiger partial charge in [0.15, 0.2) is 0 Å². The third kappa shape index (κ3) is 2.81. The van der Waals surface area contributed by atoms with Gasteiger partial charge in [0.2, 0.25) is 0 Å². The molecule has 1 rings (SSSR count). The molecule has 0 heterocycles. The molecule has 0 amide bonds. The number of benzene rings is 1. The van der Waals surface area contributed by atoms with Gasteiger partial charge in [-0.3, -0.25) is 4.39 Å². The molecular formula is C12H15BrF. The summed E-state index contributed by atoms with van der Waals surface area (Å²) < 4.78 is 13.5. The maximum Gasteiger partial charge on any atom is 0.0997 e. The van der Waals surface area contributed by atoms with Gasteiger partial charge >= 0.3 is 0 Å². The molecule has 0 aliphatic carbocycles. The average molecular weight is 258 g/mol. The summed E-state index contributed by atoms with van der Waals surface area (Å²) in [5.41, 5.74) is 2.28. The van der Waals surface area contributed by atoms with E-state index < -0.39 is 0 Å². The van der Waals surface area contributed by atoms with Crippen molar-refractivity contribution in [2.45, 2.75) is 26.7 Å². The SMILES string of the molecule is CCCc1ccc([C](C)CF)cc1Br. The lowest BCUT2D eigenvalue weighted by molar-refractivity contribution is 0.516. The highest BCUT2D eigenvalue weighted by molar-refractivity contribution is 9.10. The number of halogens is 2. The number of hydrogen-bond acceptors (Lipinski definition) is 0. The quantitative estimate of drug-likeness (QED) is 0.754. The molecule has 0 spiro atoms. The summed E-state index contributed by atoms with van der Waals surface area (Å²) in [6, 6.07) is 6.06. The van der Waals surface area contributed by atoms with Gasteiger partial charge in [0.1, 0.15) is 0 Å². The molecule has 0 aromatic heterocycles. The molecule has 1 aromatic rings. The van der Waals surface area contributed by atoms with Crippen LogP contribution in [0.4, 0.5) is 4.39 Å². The zero-order valence-electron chi connectivity index (χ0n) is 8.61. The molecule has 1 aromatic carbocycles. The van der Waals surface area contributed by atoms with E-state index in [9.17, 15) is 4.39 Å². The predicted octanol–water partition coefficient (Wildman–Crippen LogP) is 4.31. The monoisotopic (exact) mass is 257 g/mol. The lowest BCUT2D eigenvalue weighted by Crippen LogP contribution is -1.97. The van der Waals surface area contributed by atoms with Crippen molar-refractivity contribution >= 4 is 15.9 Å². The molecule has 0 N–H and O–H groups in total. The molecule has 14 heavy (non-hydrogen) atoms. The highest BCUT2D eigenvalue weighted by atomic mass is 79.9. The van der Waals surface area contributed by atoms with E-state index in [2.05, 4.69) is 28.9 Å². The molecule has 0 nitrogen and oxygen atoms in total. The van der Waals surface area contributed by atoms with E-state index in [1.54, 1.807) is 0 Å². The molecule has 77 valence electrons. The Morgan fingerprint density at radius 1 is 1.43 bits per heavy atom. The Morgan fingerprint density at radius 2 is 2.14 bits per heavy atom. The highest BCUT2D eigenvalue weighted by Crippen LogP contribution is 2.24. The summed E-state index contributed by atoms with van der Waals surface area (Å²) >= 11 is 3.51. The van der Waals surface area contributed by atoms with Gasteiger partial charge in [-0.25, -0.2) is 0 Å². The number of alkyl halides is 1. The van der Waals surface area contributed by atoms with E-state index >= 15 is 0 Å². The Morgan fingerprint density at radius 3 is 2.64 bits per heavy atom. The Labute approximate surface area is 93.7 Å². The Bertz CT molecular complexity index is 296. The van der Waals surface area contributed by atoms with Crippen molar-refractivity contribution in [3.8, 4) is 0 Å². The van der Waals surface area contributed by atoms with Crippen LogP contribution in [0.5, 0.6) is 0 Å². The normalized spacial score (nSPS) is 10.9. The van der Waals surface area contributed by atoms with Crippen LogP contribution in [0.25, 0.3) is 0 Å². The fraction of sp³-hybridized carbons (Fsp3) is 0.417. The molecule has 0 aliphatic heterocycles. The van der Waals surface area contributed by atoms with Crippen LogP contribution in [-0.2, 0) is 6.42 Å². The largest absolute Gasteiger partial charge is 0.250 e. The minimum absolute atomic E-state index is 0.375. The van der Waals surface area contributed by atoms with Crippen LogP contribution in [0.3, 0.4) is 0 Å². The van der Waals surface area contributed by atoms with Crippen LogP contribution in [0, 0.1) is 5.92 Å². The van der Waals surface area contributed by atoms with Gasteiger partial charge in [-0.1, -0.05) is 48.3 Å². The van der Waals surface area contributed by atoms with Gasteiger partial charge in [0, 0.05) is 10.4 Å². The van der Waals surface area contributed by atoms with Gasteiger partial charge in [-0.15, -0.1) is 0 Å². The van der Waals surface area contributed by atoms with Crippen molar-refractivity contribution in [3.05, 3.63) is 39.7 Å². The van der Waals surface area contributed by atoms with Crippen molar-refractivity contribution in [3.63, 3.8) is 0 Å². The van der Waals surface area contributed by atoms with E-state index in [1.807, 2.05) is 19.1 Å². The fourth-order valence-electron chi connectivity index (χ4n) is 1.36. The lowest BCUT2D eigenvalue weighted by atomic mass is 10.00. The maximum absolute atomic E-state index is 12.4. The highest BCUT2D eigenvalue weighted by Gasteiger charge is 2.07. The van der Waals surface area contributed by atoms with Gasteiger partial charge in [0.05, 0.1) is 6.67 Å². The first-order valence-corrected chi connectivity index (χ1v) is 5.65. The lowest BCUT2D eigenvalue weighted by Gasteiger charge is -2.09. The zero-order valence-corrected chi connectivity index (χ0v) is 10.2. The fourth-order valence-corrected chi connectivity index (χ4v) is 1.94. The van der Waals surface area contributed by atoms with Crippen LogP contribution < -0.4 is 0 Å². The minimum Gasteiger partial charge on any atom is -0.250 e. The first-order valence-electron chi connectivity index (χ1n) is 4.86. The van der Waals surface area contributed by atoms with Crippen LogP contribution in [0.2, 0.25) is 0 Å². The molecular weight excluding hydrogens is 243 g/mol. The van der Waals surface area contributed by atoms with Crippen LogP contribution >= 0.6 is 15.9 Å². The van der Waals surface area contributed by atoms with E-state index in [4.69, 9.17) is 0 Å². The summed E-state index contributed by atoms with van der Waals surface area (Å²) in [6.07, 6.45) is 2.19. The third-order valence-electron chi connectivity index (χ3n) is 2.27.